The molecule has 3 aromatic carbocycles. The summed E-state index contributed by atoms with van der Waals surface area (Å²) in [4.78, 5) is 26.2. The molecule has 0 aromatic heterocycles. The number of para-hydroxylation sites is 3. The first-order chi connectivity index (χ1) is 13.7. The molecule has 28 heavy (non-hydrogen) atoms. The molecule has 0 radical (unpaired) electrons. The lowest BCUT2D eigenvalue weighted by atomic mass is 10.1. The molecular formula is C22H18N2O4. The van der Waals surface area contributed by atoms with Crippen molar-refractivity contribution >= 4 is 17.5 Å². The number of hydrogen-bond acceptors (Lipinski definition) is 4. The van der Waals surface area contributed by atoms with E-state index in [0.717, 1.165) is 11.1 Å². The molecule has 0 spiro atoms. The summed E-state index contributed by atoms with van der Waals surface area (Å²) in [6.45, 7) is 0.361. The van der Waals surface area contributed by atoms with Gasteiger partial charge in [0.05, 0.1) is 24.2 Å². The van der Waals surface area contributed by atoms with E-state index in [9.17, 15) is 9.59 Å². The van der Waals surface area contributed by atoms with E-state index < -0.39 is 5.91 Å². The molecule has 0 atom stereocenters. The third kappa shape index (κ3) is 3.45. The highest BCUT2D eigenvalue weighted by Crippen LogP contribution is 2.39. The summed E-state index contributed by atoms with van der Waals surface area (Å²) in [5.41, 5.74) is 4.51. The van der Waals surface area contributed by atoms with Crippen LogP contribution >= 0.6 is 0 Å². The zero-order valence-electron chi connectivity index (χ0n) is 15.0. The average molecular weight is 374 g/mol. The van der Waals surface area contributed by atoms with Gasteiger partial charge in [-0.15, -0.1) is 0 Å². The molecule has 4 rings (SSSR count). The first kappa shape index (κ1) is 17.8. The van der Waals surface area contributed by atoms with Gasteiger partial charge in [0.15, 0.2) is 5.75 Å². The van der Waals surface area contributed by atoms with Gasteiger partial charge in [0, 0.05) is 0 Å². The van der Waals surface area contributed by atoms with E-state index in [4.69, 9.17) is 9.94 Å². The van der Waals surface area contributed by atoms with E-state index in [2.05, 4.69) is 0 Å². The number of hydroxylamine groups is 1. The molecule has 0 saturated carbocycles. The Morgan fingerprint density at radius 1 is 0.893 bits per heavy atom. The number of carbonyl (C=O) groups is 2. The van der Waals surface area contributed by atoms with E-state index in [1.807, 2.05) is 60.7 Å². The van der Waals surface area contributed by atoms with Crippen molar-refractivity contribution in [2.45, 2.75) is 13.0 Å². The van der Waals surface area contributed by atoms with Crippen LogP contribution in [0.25, 0.3) is 0 Å². The fraction of sp³-hybridized carbons (Fsp3) is 0.0909. The first-order valence-electron chi connectivity index (χ1n) is 8.84. The van der Waals surface area contributed by atoms with Crippen molar-refractivity contribution in [3.63, 3.8) is 0 Å². The second-order valence-corrected chi connectivity index (χ2v) is 6.49. The number of nitrogens with one attached hydrogen (secondary N) is 1. The highest BCUT2D eigenvalue weighted by atomic mass is 16.5. The molecule has 1 aliphatic heterocycles. The zero-order valence-corrected chi connectivity index (χ0v) is 15.0. The number of benzene rings is 3. The standard InChI is InChI=1S/C22H18N2O4/c25-21(23-27)13-15-9-11-16(12-10-15)14-24-18-6-2-4-8-20(18)28-19-7-3-1-5-17(19)22(24)26/h1-12,27H,13-14H2,(H,23,25). The Hall–Kier alpha value is -3.64. The lowest BCUT2D eigenvalue weighted by molar-refractivity contribution is -0.128. The van der Waals surface area contributed by atoms with Crippen LogP contribution in [-0.4, -0.2) is 17.0 Å². The SMILES string of the molecule is O=C(Cc1ccc(CN2C(=O)c3ccccc3Oc3ccccc32)cc1)NO. The highest BCUT2D eigenvalue weighted by Gasteiger charge is 2.27. The van der Waals surface area contributed by atoms with Crippen LogP contribution < -0.4 is 15.1 Å². The van der Waals surface area contributed by atoms with Crippen LogP contribution in [0.5, 0.6) is 11.5 Å². The van der Waals surface area contributed by atoms with Gasteiger partial charge in [0.2, 0.25) is 5.91 Å². The molecule has 6 heteroatoms. The summed E-state index contributed by atoms with van der Waals surface area (Å²) in [5.74, 6) is 0.548. The molecule has 0 bridgehead atoms. The predicted molar refractivity (Wildman–Crippen MR) is 104 cm³/mol. The highest BCUT2D eigenvalue weighted by molar-refractivity contribution is 6.09. The van der Waals surface area contributed by atoms with Gasteiger partial charge < -0.3 is 9.64 Å². The number of ether oxygens (including phenoxy) is 1. The average Bonchev–Trinajstić information content (AvgIpc) is 2.84. The van der Waals surface area contributed by atoms with Gasteiger partial charge >= 0.3 is 0 Å². The number of rotatable bonds is 4. The molecule has 0 aliphatic carbocycles. The maximum absolute atomic E-state index is 13.2. The van der Waals surface area contributed by atoms with Crippen molar-refractivity contribution in [1.82, 2.24) is 5.48 Å². The number of nitrogens with zero attached hydrogens (tertiary/aromatic N) is 1. The lowest BCUT2D eigenvalue weighted by Crippen LogP contribution is -2.29. The van der Waals surface area contributed by atoms with Gasteiger partial charge in [0.25, 0.3) is 5.91 Å². The van der Waals surface area contributed by atoms with Crippen LogP contribution in [-0.2, 0) is 17.8 Å². The second-order valence-electron chi connectivity index (χ2n) is 6.49. The third-order valence-electron chi connectivity index (χ3n) is 4.59. The topological polar surface area (TPSA) is 78.9 Å². The molecule has 2 N–H and O–H groups in total. The third-order valence-corrected chi connectivity index (χ3v) is 4.59. The molecule has 0 fully saturated rings. The predicted octanol–water partition coefficient (Wildman–Crippen LogP) is 3.69. The van der Waals surface area contributed by atoms with Crippen molar-refractivity contribution in [3.05, 3.63) is 89.5 Å². The van der Waals surface area contributed by atoms with Crippen molar-refractivity contribution < 1.29 is 19.5 Å². The Kier molecular flexibility index (Phi) is 4.78. The zero-order chi connectivity index (χ0) is 19.5. The normalized spacial score (nSPS) is 12.5. The molecule has 1 heterocycles. The number of fused-ring (bicyclic) bond motifs is 2. The summed E-state index contributed by atoms with van der Waals surface area (Å²) in [7, 11) is 0. The Morgan fingerprint density at radius 3 is 2.29 bits per heavy atom. The summed E-state index contributed by atoms with van der Waals surface area (Å²) < 4.78 is 5.99. The summed E-state index contributed by atoms with van der Waals surface area (Å²) in [6.07, 6.45) is 0.0868. The Morgan fingerprint density at radius 2 is 1.54 bits per heavy atom. The lowest BCUT2D eigenvalue weighted by Gasteiger charge is -2.22. The number of anilines is 1. The van der Waals surface area contributed by atoms with Crippen LogP contribution in [0.1, 0.15) is 21.5 Å². The smallest absolute Gasteiger partial charge is 0.262 e. The van der Waals surface area contributed by atoms with Crippen LogP contribution in [0.2, 0.25) is 0 Å². The molecule has 0 saturated heterocycles. The number of hydrogen-bond donors (Lipinski definition) is 2. The summed E-state index contributed by atoms with van der Waals surface area (Å²) >= 11 is 0. The van der Waals surface area contributed by atoms with Crippen LogP contribution in [0.4, 0.5) is 5.69 Å². The van der Waals surface area contributed by atoms with E-state index in [-0.39, 0.29) is 12.3 Å². The Bertz CT molecular complexity index is 1030. The van der Waals surface area contributed by atoms with Crippen molar-refractivity contribution in [2.75, 3.05) is 4.90 Å². The summed E-state index contributed by atoms with van der Waals surface area (Å²) in [5, 5.41) is 8.64. The molecule has 0 unspecified atom stereocenters. The fourth-order valence-electron chi connectivity index (χ4n) is 3.20. The maximum Gasteiger partial charge on any atom is 0.262 e. The minimum atomic E-state index is -0.474. The number of amides is 2. The quantitative estimate of drug-likeness (QED) is 0.539. The van der Waals surface area contributed by atoms with Crippen LogP contribution in [0.15, 0.2) is 72.8 Å². The first-order valence-corrected chi connectivity index (χ1v) is 8.84. The Balaban J connectivity index is 1.66. The Labute approximate surface area is 161 Å². The molecule has 1 aliphatic rings. The van der Waals surface area contributed by atoms with Crippen LogP contribution in [0, 0.1) is 0 Å². The molecule has 140 valence electrons. The van der Waals surface area contributed by atoms with Crippen molar-refractivity contribution in [1.29, 1.82) is 0 Å². The van der Waals surface area contributed by atoms with E-state index >= 15 is 0 Å². The molecule has 3 aromatic rings. The van der Waals surface area contributed by atoms with E-state index in [0.29, 0.717) is 29.3 Å². The minimum Gasteiger partial charge on any atom is -0.454 e. The second kappa shape index (κ2) is 7.54. The maximum atomic E-state index is 13.2. The van der Waals surface area contributed by atoms with Gasteiger partial charge in [-0.1, -0.05) is 48.5 Å². The van der Waals surface area contributed by atoms with E-state index in [1.165, 1.54) is 0 Å². The molecular weight excluding hydrogens is 356 g/mol. The number of carbonyl (C=O) groups excluding carboxylic acids is 2. The van der Waals surface area contributed by atoms with Gasteiger partial charge in [-0.05, 0) is 35.4 Å². The largest absolute Gasteiger partial charge is 0.454 e. The van der Waals surface area contributed by atoms with Crippen LogP contribution in [0.3, 0.4) is 0 Å². The van der Waals surface area contributed by atoms with Gasteiger partial charge in [-0.3, -0.25) is 14.8 Å². The summed E-state index contributed by atoms with van der Waals surface area (Å²) in [6, 6.07) is 22.0. The van der Waals surface area contributed by atoms with Gasteiger partial charge in [0.1, 0.15) is 5.75 Å². The minimum absolute atomic E-state index is 0.0868. The molecule has 6 nitrogen and oxygen atoms in total. The monoisotopic (exact) mass is 374 g/mol. The van der Waals surface area contributed by atoms with Gasteiger partial charge in [-0.25, -0.2) is 5.48 Å². The van der Waals surface area contributed by atoms with Crippen molar-refractivity contribution in [3.8, 4) is 11.5 Å². The molecule has 2 amide bonds. The van der Waals surface area contributed by atoms with E-state index in [1.54, 1.807) is 22.5 Å². The fourth-order valence-corrected chi connectivity index (χ4v) is 3.20. The van der Waals surface area contributed by atoms with Crippen molar-refractivity contribution in [2.24, 2.45) is 0 Å². The van der Waals surface area contributed by atoms with Gasteiger partial charge in [-0.2, -0.15) is 0 Å².